The van der Waals surface area contributed by atoms with Gasteiger partial charge in [-0.25, -0.2) is 18.6 Å². The number of nitrogens with zero attached hydrogens (tertiary/aromatic N) is 5. The molecule has 1 saturated carbocycles. The zero-order chi connectivity index (χ0) is 15.8. The molecule has 0 saturated heterocycles. The Morgan fingerprint density at radius 3 is 2.87 bits per heavy atom. The molecule has 0 spiro atoms. The number of fused-ring (bicyclic) bond motifs is 1. The van der Waals surface area contributed by atoms with Crippen molar-refractivity contribution in [3.8, 4) is 0 Å². The summed E-state index contributed by atoms with van der Waals surface area (Å²) in [7, 11) is 0. The van der Waals surface area contributed by atoms with Gasteiger partial charge in [0, 0.05) is 30.5 Å². The number of hydrogen-bond acceptors (Lipinski definition) is 4. The fraction of sp³-hybridized carbons (Fsp3) is 0.312. The van der Waals surface area contributed by atoms with E-state index in [1.165, 1.54) is 6.07 Å². The van der Waals surface area contributed by atoms with Crippen LogP contribution < -0.4 is 0 Å². The molecular formula is C16H16FN5S. The molecule has 4 rings (SSSR count). The van der Waals surface area contributed by atoms with Crippen LogP contribution in [-0.4, -0.2) is 30.1 Å². The van der Waals surface area contributed by atoms with Crippen LogP contribution in [0, 0.1) is 10.6 Å². The lowest BCUT2D eigenvalue weighted by atomic mass is 10.2. The van der Waals surface area contributed by atoms with Crippen molar-refractivity contribution < 1.29 is 4.39 Å². The van der Waals surface area contributed by atoms with Gasteiger partial charge < -0.3 is 0 Å². The van der Waals surface area contributed by atoms with Crippen LogP contribution in [0.15, 0.2) is 42.7 Å². The molecule has 1 aliphatic carbocycles. The van der Waals surface area contributed by atoms with Crippen molar-refractivity contribution in [2.45, 2.75) is 32.1 Å². The number of rotatable bonds is 5. The first-order valence-electron chi connectivity index (χ1n) is 7.60. The Bertz CT molecular complexity index is 899. The van der Waals surface area contributed by atoms with Gasteiger partial charge in [0.15, 0.2) is 0 Å². The maximum absolute atomic E-state index is 14.0. The highest BCUT2D eigenvalue weighted by atomic mass is 32.1. The predicted octanol–water partition coefficient (Wildman–Crippen LogP) is 3.02. The van der Waals surface area contributed by atoms with Gasteiger partial charge in [0.05, 0.1) is 6.67 Å². The minimum Gasteiger partial charge on any atom is -0.277 e. The molecule has 2 aromatic heterocycles. The lowest BCUT2D eigenvalue weighted by Gasteiger charge is -2.23. The summed E-state index contributed by atoms with van der Waals surface area (Å²) >= 11 is 5.36. The van der Waals surface area contributed by atoms with Crippen molar-refractivity contribution >= 4 is 18.0 Å². The van der Waals surface area contributed by atoms with E-state index in [-0.39, 0.29) is 5.82 Å². The molecule has 1 fully saturated rings. The summed E-state index contributed by atoms with van der Waals surface area (Å²) in [6.07, 6.45) is 5.85. The van der Waals surface area contributed by atoms with Gasteiger partial charge in [0.25, 0.3) is 5.78 Å². The molecule has 0 atom stereocenters. The summed E-state index contributed by atoms with van der Waals surface area (Å²) in [5.41, 5.74) is 0.706. The predicted molar refractivity (Wildman–Crippen MR) is 86.8 cm³/mol. The summed E-state index contributed by atoms with van der Waals surface area (Å²) in [4.78, 5) is 10.8. The minimum absolute atomic E-state index is 0.165. The quantitative estimate of drug-likeness (QED) is 0.675. The van der Waals surface area contributed by atoms with E-state index in [2.05, 4.69) is 14.9 Å². The summed E-state index contributed by atoms with van der Waals surface area (Å²) in [5.74, 6) is 0.417. The molecule has 0 amide bonds. The highest BCUT2D eigenvalue weighted by Gasteiger charge is 2.30. The third-order valence-electron chi connectivity index (χ3n) is 4.09. The van der Waals surface area contributed by atoms with Crippen molar-refractivity contribution in [2.24, 2.45) is 0 Å². The maximum Gasteiger partial charge on any atom is 0.251 e. The van der Waals surface area contributed by atoms with Crippen LogP contribution in [-0.2, 0) is 13.2 Å². The molecule has 0 N–H and O–H groups in total. The molecule has 3 aromatic rings. The first kappa shape index (κ1) is 14.5. The van der Waals surface area contributed by atoms with Gasteiger partial charge in [-0.15, -0.1) is 0 Å². The van der Waals surface area contributed by atoms with Crippen LogP contribution in [0.4, 0.5) is 4.39 Å². The highest BCUT2D eigenvalue weighted by molar-refractivity contribution is 7.71. The average Bonchev–Trinajstić information content (AvgIpc) is 3.34. The van der Waals surface area contributed by atoms with Crippen molar-refractivity contribution in [3.05, 3.63) is 58.9 Å². The van der Waals surface area contributed by atoms with E-state index in [0.717, 1.165) is 12.8 Å². The van der Waals surface area contributed by atoms with Crippen LogP contribution in [0.1, 0.15) is 18.4 Å². The number of hydrogen-bond donors (Lipinski definition) is 0. The molecule has 1 aromatic carbocycles. The Kier molecular flexibility index (Phi) is 3.66. The normalized spacial score (nSPS) is 14.7. The maximum atomic E-state index is 14.0. The van der Waals surface area contributed by atoms with Gasteiger partial charge in [-0.2, -0.15) is 4.98 Å². The Balaban J connectivity index is 1.65. The first-order chi connectivity index (χ1) is 11.2. The van der Waals surface area contributed by atoms with Crippen molar-refractivity contribution in [2.75, 3.05) is 0 Å². The van der Waals surface area contributed by atoms with Crippen LogP contribution in [0.3, 0.4) is 0 Å². The largest absolute Gasteiger partial charge is 0.277 e. The highest BCUT2D eigenvalue weighted by Crippen LogP contribution is 2.29. The minimum atomic E-state index is -0.165. The molecular weight excluding hydrogens is 313 g/mol. The average molecular weight is 329 g/mol. The molecule has 0 aliphatic heterocycles. The van der Waals surface area contributed by atoms with Crippen molar-refractivity contribution in [1.29, 1.82) is 0 Å². The summed E-state index contributed by atoms with van der Waals surface area (Å²) in [5, 5.41) is 0. The third kappa shape index (κ3) is 2.89. The topological polar surface area (TPSA) is 38.4 Å². The summed E-state index contributed by atoms with van der Waals surface area (Å²) in [6.45, 7) is 1.14. The Morgan fingerprint density at radius 1 is 1.26 bits per heavy atom. The lowest BCUT2D eigenvalue weighted by molar-refractivity contribution is 0.180. The van der Waals surface area contributed by atoms with E-state index in [9.17, 15) is 4.39 Å². The van der Waals surface area contributed by atoms with Crippen LogP contribution >= 0.6 is 12.2 Å². The van der Waals surface area contributed by atoms with E-state index < -0.39 is 0 Å². The SMILES string of the molecule is Fc1ccccc1CN(Cn1c(=S)nc2ncccn21)C1CC1. The van der Waals surface area contributed by atoms with E-state index in [1.54, 1.807) is 12.3 Å². The fourth-order valence-corrected chi connectivity index (χ4v) is 2.97. The first-order valence-corrected chi connectivity index (χ1v) is 8.01. The second-order valence-electron chi connectivity index (χ2n) is 5.77. The van der Waals surface area contributed by atoms with Crippen molar-refractivity contribution in [1.82, 2.24) is 24.1 Å². The third-order valence-corrected chi connectivity index (χ3v) is 4.40. The molecule has 2 heterocycles. The number of benzene rings is 1. The molecule has 118 valence electrons. The molecule has 0 radical (unpaired) electrons. The standard InChI is InChI=1S/C16H16FN5S/c17-14-5-2-1-4-12(14)10-20(13-6-7-13)11-22-16(23)19-15-18-8-3-9-21(15)22/h1-5,8-9,13H,6-7,10-11H2. The Labute approximate surface area is 138 Å². The molecule has 0 unspecified atom stereocenters. The van der Waals surface area contributed by atoms with Crippen LogP contribution in [0.25, 0.3) is 5.78 Å². The van der Waals surface area contributed by atoms with Gasteiger partial charge in [0.2, 0.25) is 4.77 Å². The van der Waals surface area contributed by atoms with Crippen molar-refractivity contribution in [3.63, 3.8) is 0 Å². The van der Waals surface area contributed by atoms with Gasteiger partial charge in [-0.3, -0.25) is 4.90 Å². The second kappa shape index (κ2) is 5.82. The van der Waals surface area contributed by atoms with Gasteiger partial charge >= 0.3 is 0 Å². The monoisotopic (exact) mass is 329 g/mol. The smallest absolute Gasteiger partial charge is 0.251 e. The van der Waals surface area contributed by atoms with Crippen LogP contribution in [0.2, 0.25) is 0 Å². The van der Waals surface area contributed by atoms with Gasteiger partial charge in [-0.05, 0) is 37.2 Å². The zero-order valence-electron chi connectivity index (χ0n) is 12.5. The summed E-state index contributed by atoms with van der Waals surface area (Å²) in [6, 6.07) is 9.24. The molecule has 5 nitrogen and oxygen atoms in total. The lowest BCUT2D eigenvalue weighted by Crippen LogP contribution is -2.30. The fourth-order valence-electron chi connectivity index (χ4n) is 2.74. The van der Waals surface area contributed by atoms with E-state index in [1.807, 2.05) is 33.6 Å². The zero-order valence-corrected chi connectivity index (χ0v) is 13.3. The van der Waals surface area contributed by atoms with Crippen LogP contribution in [0.5, 0.6) is 0 Å². The Hall–Kier alpha value is -2.12. The Morgan fingerprint density at radius 2 is 2.09 bits per heavy atom. The molecule has 1 aliphatic rings. The summed E-state index contributed by atoms with van der Waals surface area (Å²) < 4.78 is 18.2. The van der Waals surface area contributed by atoms with E-state index >= 15 is 0 Å². The van der Waals surface area contributed by atoms with Gasteiger partial charge in [0.1, 0.15) is 5.82 Å². The molecule has 7 heteroatoms. The number of aromatic nitrogens is 4. The number of halogens is 1. The second-order valence-corrected chi connectivity index (χ2v) is 6.13. The molecule has 0 bridgehead atoms. The molecule has 23 heavy (non-hydrogen) atoms. The van der Waals surface area contributed by atoms with Gasteiger partial charge in [-0.1, -0.05) is 18.2 Å². The van der Waals surface area contributed by atoms with E-state index in [0.29, 0.717) is 35.4 Å². The van der Waals surface area contributed by atoms with E-state index in [4.69, 9.17) is 12.2 Å².